The largest absolute Gasteiger partial charge is 0.494 e. The van der Waals surface area contributed by atoms with Crippen molar-refractivity contribution in [2.24, 2.45) is 0 Å². The summed E-state index contributed by atoms with van der Waals surface area (Å²) in [5, 5.41) is 0.612. The van der Waals surface area contributed by atoms with Crippen LogP contribution in [0.3, 0.4) is 0 Å². The minimum absolute atomic E-state index is 0.113. The second-order valence-electron chi connectivity index (χ2n) is 6.27. The molecule has 2 aromatic rings. The second-order valence-corrected chi connectivity index (χ2v) is 8.11. The van der Waals surface area contributed by atoms with Crippen LogP contribution < -0.4 is 4.74 Å². The van der Waals surface area contributed by atoms with E-state index in [1.54, 1.807) is 24.3 Å². The first-order chi connectivity index (χ1) is 13.5. The maximum absolute atomic E-state index is 12.7. The number of halogens is 2. The van der Waals surface area contributed by atoms with Crippen LogP contribution in [0, 0.1) is 0 Å². The fourth-order valence-corrected chi connectivity index (χ4v) is 3.91. The maximum Gasteiger partial charge on any atom is 0.293 e. The molecule has 28 heavy (non-hydrogen) atoms. The number of amides is 2. The molecule has 0 N–H and O–H groups in total. The van der Waals surface area contributed by atoms with Crippen molar-refractivity contribution in [3.8, 4) is 5.75 Å². The second kappa shape index (κ2) is 9.50. The number of ether oxygens (including phenoxy) is 1. The lowest BCUT2D eigenvalue weighted by Gasteiger charge is -2.13. The summed E-state index contributed by atoms with van der Waals surface area (Å²) >= 11 is 13.0. The molecule has 7 heteroatoms. The van der Waals surface area contributed by atoms with Crippen molar-refractivity contribution >= 4 is 52.2 Å². The number of hydrogen-bond donors (Lipinski definition) is 0. The normalized spacial score (nSPS) is 15.5. The van der Waals surface area contributed by atoms with Crippen LogP contribution in [0.2, 0.25) is 10.0 Å². The molecule has 0 unspecified atom stereocenters. The van der Waals surface area contributed by atoms with Gasteiger partial charge in [0.2, 0.25) is 0 Å². The minimum Gasteiger partial charge on any atom is -0.494 e. The zero-order valence-corrected chi connectivity index (χ0v) is 17.6. The lowest BCUT2D eigenvalue weighted by atomic mass is 10.2. The van der Waals surface area contributed by atoms with Gasteiger partial charge in [0.15, 0.2) is 0 Å². The molecule has 2 aromatic carbocycles. The zero-order valence-electron chi connectivity index (χ0n) is 15.3. The van der Waals surface area contributed by atoms with Gasteiger partial charge in [0.05, 0.1) is 18.1 Å². The molecule has 0 atom stereocenters. The third-order valence-corrected chi connectivity index (χ3v) is 5.66. The predicted octanol–water partition coefficient (Wildman–Crippen LogP) is 6.41. The van der Waals surface area contributed by atoms with E-state index in [1.165, 1.54) is 4.90 Å². The molecule has 3 rings (SSSR count). The van der Waals surface area contributed by atoms with E-state index in [9.17, 15) is 9.59 Å². The van der Waals surface area contributed by atoms with Crippen molar-refractivity contribution in [2.75, 3.05) is 6.61 Å². The smallest absolute Gasteiger partial charge is 0.293 e. The van der Waals surface area contributed by atoms with Gasteiger partial charge in [-0.2, -0.15) is 0 Å². The number of thioether (sulfide) groups is 1. The molecule has 146 valence electrons. The molecule has 0 spiro atoms. The number of carbonyl (C=O) groups is 2. The Hall–Kier alpha value is -1.95. The van der Waals surface area contributed by atoms with Crippen LogP contribution in [-0.2, 0) is 11.3 Å². The van der Waals surface area contributed by atoms with Gasteiger partial charge in [0, 0.05) is 10.0 Å². The van der Waals surface area contributed by atoms with Gasteiger partial charge in [-0.25, -0.2) is 0 Å². The quantitative estimate of drug-likeness (QED) is 0.372. The Morgan fingerprint density at radius 2 is 1.86 bits per heavy atom. The Morgan fingerprint density at radius 3 is 2.54 bits per heavy atom. The molecular weight excluding hydrogens is 417 g/mol. The number of unbranched alkanes of at least 4 members (excludes halogenated alkanes) is 1. The summed E-state index contributed by atoms with van der Waals surface area (Å²) in [6, 6.07) is 12.4. The highest BCUT2D eigenvalue weighted by Crippen LogP contribution is 2.34. The van der Waals surface area contributed by atoms with Gasteiger partial charge in [-0.3, -0.25) is 14.5 Å². The minimum atomic E-state index is -0.329. The van der Waals surface area contributed by atoms with E-state index in [1.807, 2.05) is 24.3 Å². The summed E-state index contributed by atoms with van der Waals surface area (Å²) in [5.41, 5.74) is 1.50. The van der Waals surface area contributed by atoms with Crippen molar-refractivity contribution in [1.29, 1.82) is 0 Å². The SMILES string of the molecule is CCCCOc1ccc(/C=C2\SC(=O)N(Cc3ccc(Cl)cc3Cl)C2=O)cc1. The Kier molecular flexibility index (Phi) is 7.05. The Morgan fingerprint density at radius 1 is 1.11 bits per heavy atom. The average molecular weight is 436 g/mol. The number of imide groups is 1. The average Bonchev–Trinajstić information content (AvgIpc) is 2.93. The first-order valence-electron chi connectivity index (χ1n) is 8.90. The van der Waals surface area contributed by atoms with Gasteiger partial charge in [0.25, 0.3) is 11.1 Å². The molecular formula is C21H19Cl2NO3S. The van der Waals surface area contributed by atoms with Gasteiger partial charge in [-0.05, 0) is 59.7 Å². The number of nitrogens with zero attached hydrogens (tertiary/aromatic N) is 1. The third-order valence-electron chi connectivity index (χ3n) is 4.16. The monoisotopic (exact) mass is 435 g/mol. The number of rotatable bonds is 7. The van der Waals surface area contributed by atoms with Gasteiger partial charge < -0.3 is 4.74 Å². The number of hydrogen-bond acceptors (Lipinski definition) is 4. The fraction of sp³-hybridized carbons (Fsp3) is 0.238. The molecule has 0 bridgehead atoms. The summed E-state index contributed by atoms with van der Waals surface area (Å²) in [5.74, 6) is 0.459. The van der Waals surface area contributed by atoms with E-state index in [-0.39, 0.29) is 17.7 Å². The zero-order chi connectivity index (χ0) is 20.1. The molecule has 1 saturated heterocycles. The first-order valence-corrected chi connectivity index (χ1v) is 10.5. The fourth-order valence-electron chi connectivity index (χ4n) is 2.60. The molecule has 0 saturated carbocycles. The molecule has 1 aliphatic rings. The van der Waals surface area contributed by atoms with E-state index < -0.39 is 0 Å². The van der Waals surface area contributed by atoms with Crippen LogP contribution in [0.25, 0.3) is 6.08 Å². The number of benzene rings is 2. The van der Waals surface area contributed by atoms with Crippen LogP contribution in [-0.4, -0.2) is 22.7 Å². The Labute approximate surface area is 178 Å². The third kappa shape index (κ3) is 5.10. The summed E-state index contributed by atoms with van der Waals surface area (Å²) in [7, 11) is 0. The van der Waals surface area contributed by atoms with Crippen molar-refractivity contribution in [2.45, 2.75) is 26.3 Å². The summed E-state index contributed by atoms with van der Waals surface area (Å²) in [4.78, 5) is 26.5. The molecule has 0 aromatic heterocycles. The molecule has 0 radical (unpaired) electrons. The molecule has 1 heterocycles. The molecule has 0 aliphatic carbocycles. The van der Waals surface area contributed by atoms with E-state index in [0.717, 1.165) is 35.9 Å². The highest BCUT2D eigenvalue weighted by atomic mass is 35.5. The highest BCUT2D eigenvalue weighted by molar-refractivity contribution is 8.18. The van der Waals surface area contributed by atoms with Crippen LogP contribution in [0.15, 0.2) is 47.4 Å². The standard InChI is InChI=1S/C21H19Cl2NO3S/c1-2-3-10-27-17-8-4-14(5-9-17)11-19-20(25)24(21(26)28-19)13-15-6-7-16(22)12-18(15)23/h4-9,11-12H,2-3,10,13H2,1H3/b19-11-. The molecule has 2 amide bonds. The predicted molar refractivity (Wildman–Crippen MR) is 115 cm³/mol. The topological polar surface area (TPSA) is 46.6 Å². The van der Waals surface area contributed by atoms with Crippen LogP contribution >= 0.6 is 35.0 Å². The molecule has 1 fully saturated rings. The van der Waals surface area contributed by atoms with E-state index >= 15 is 0 Å². The lowest BCUT2D eigenvalue weighted by Crippen LogP contribution is -2.27. The van der Waals surface area contributed by atoms with Crippen LogP contribution in [0.5, 0.6) is 5.75 Å². The Bertz CT molecular complexity index is 912. The van der Waals surface area contributed by atoms with Gasteiger partial charge >= 0.3 is 0 Å². The molecule has 4 nitrogen and oxygen atoms in total. The van der Waals surface area contributed by atoms with Crippen molar-refractivity contribution in [1.82, 2.24) is 4.90 Å². The summed E-state index contributed by atoms with van der Waals surface area (Å²) in [6.45, 7) is 2.91. The number of carbonyl (C=O) groups excluding carboxylic acids is 2. The van der Waals surface area contributed by atoms with Gasteiger partial charge in [-0.1, -0.05) is 54.7 Å². The lowest BCUT2D eigenvalue weighted by molar-refractivity contribution is -0.123. The van der Waals surface area contributed by atoms with E-state index in [0.29, 0.717) is 27.1 Å². The van der Waals surface area contributed by atoms with E-state index in [2.05, 4.69) is 6.92 Å². The van der Waals surface area contributed by atoms with Crippen LogP contribution in [0.1, 0.15) is 30.9 Å². The van der Waals surface area contributed by atoms with Gasteiger partial charge in [0.1, 0.15) is 5.75 Å². The summed E-state index contributed by atoms with van der Waals surface area (Å²) in [6.07, 6.45) is 3.80. The summed E-state index contributed by atoms with van der Waals surface area (Å²) < 4.78 is 5.64. The van der Waals surface area contributed by atoms with Gasteiger partial charge in [-0.15, -0.1) is 0 Å². The maximum atomic E-state index is 12.7. The van der Waals surface area contributed by atoms with E-state index in [4.69, 9.17) is 27.9 Å². The van der Waals surface area contributed by atoms with Crippen molar-refractivity contribution in [3.05, 3.63) is 68.5 Å². The molecule has 1 aliphatic heterocycles. The Balaban J connectivity index is 1.70. The first kappa shape index (κ1) is 20.8. The highest BCUT2D eigenvalue weighted by Gasteiger charge is 2.35. The van der Waals surface area contributed by atoms with Crippen molar-refractivity contribution < 1.29 is 14.3 Å². The van der Waals surface area contributed by atoms with Crippen molar-refractivity contribution in [3.63, 3.8) is 0 Å². The van der Waals surface area contributed by atoms with Crippen LogP contribution in [0.4, 0.5) is 4.79 Å².